The first-order chi connectivity index (χ1) is 14.0. The number of hydrogen-bond acceptors (Lipinski definition) is 5. The lowest BCUT2D eigenvalue weighted by atomic mass is 10.1. The van der Waals surface area contributed by atoms with Crippen LogP contribution >= 0.6 is 0 Å². The van der Waals surface area contributed by atoms with Crippen molar-refractivity contribution in [1.29, 1.82) is 0 Å². The number of anilines is 1. The predicted octanol–water partition coefficient (Wildman–Crippen LogP) is 4.51. The lowest BCUT2D eigenvalue weighted by Gasteiger charge is -2.06. The topological polar surface area (TPSA) is 102 Å². The van der Waals surface area contributed by atoms with E-state index >= 15 is 0 Å². The number of fused-ring (bicyclic) bond motifs is 3. The fourth-order valence-corrected chi connectivity index (χ4v) is 3.05. The Morgan fingerprint density at radius 1 is 1.00 bits per heavy atom. The number of amides is 1. The highest BCUT2D eigenvalue weighted by atomic mass is 16.6. The maximum atomic E-state index is 12.2. The molecule has 0 saturated carbocycles. The Morgan fingerprint density at radius 3 is 2.66 bits per heavy atom. The van der Waals surface area contributed by atoms with Crippen molar-refractivity contribution in [3.8, 4) is 0 Å². The molecule has 7 nitrogen and oxygen atoms in total. The highest BCUT2D eigenvalue weighted by molar-refractivity contribution is 6.08. The number of benzene rings is 3. The third kappa shape index (κ3) is 3.74. The normalized spacial score (nSPS) is 11.2. The van der Waals surface area contributed by atoms with Crippen molar-refractivity contribution in [2.24, 2.45) is 0 Å². The molecule has 0 atom stereocenters. The fraction of sp³-hybridized carbons (Fsp3) is 0. The average Bonchev–Trinajstić information content (AvgIpc) is 2.73. The zero-order valence-electron chi connectivity index (χ0n) is 15.0. The van der Waals surface area contributed by atoms with E-state index in [4.69, 9.17) is 4.42 Å². The van der Waals surface area contributed by atoms with Crippen LogP contribution in [-0.2, 0) is 4.79 Å². The van der Waals surface area contributed by atoms with Crippen LogP contribution in [0.25, 0.3) is 27.8 Å². The van der Waals surface area contributed by atoms with Gasteiger partial charge in [-0.05, 0) is 34.5 Å². The first kappa shape index (κ1) is 18.1. The smallest absolute Gasteiger partial charge is 0.360 e. The van der Waals surface area contributed by atoms with Gasteiger partial charge in [0.1, 0.15) is 11.3 Å². The number of carbonyl (C=O) groups is 1. The number of nitrogens with one attached hydrogen (secondary N) is 1. The summed E-state index contributed by atoms with van der Waals surface area (Å²) in [6.07, 6.45) is 2.63. The van der Waals surface area contributed by atoms with E-state index in [9.17, 15) is 19.7 Å². The SMILES string of the molecule is O=C(C=Cc1cccc([N+](=O)[O-])c1)Nc1cc2c(ccc3ccccc32)oc1=O. The number of nitrogens with zero attached hydrogens (tertiary/aromatic N) is 1. The first-order valence-electron chi connectivity index (χ1n) is 8.70. The van der Waals surface area contributed by atoms with Crippen LogP contribution in [0, 0.1) is 10.1 Å². The van der Waals surface area contributed by atoms with Gasteiger partial charge in [0.05, 0.1) is 4.92 Å². The molecule has 142 valence electrons. The van der Waals surface area contributed by atoms with Gasteiger partial charge in [-0.3, -0.25) is 14.9 Å². The van der Waals surface area contributed by atoms with Crippen molar-refractivity contribution in [2.75, 3.05) is 5.32 Å². The van der Waals surface area contributed by atoms with E-state index in [-0.39, 0.29) is 11.4 Å². The van der Waals surface area contributed by atoms with Crippen molar-refractivity contribution in [3.63, 3.8) is 0 Å². The Bertz CT molecular complexity index is 1350. The Balaban J connectivity index is 1.63. The van der Waals surface area contributed by atoms with Crippen LogP contribution in [0.3, 0.4) is 0 Å². The largest absolute Gasteiger partial charge is 0.421 e. The molecule has 29 heavy (non-hydrogen) atoms. The third-order valence-corrected chi connectivity index (χ3v) is 4.41. The molecule has 0 spiro atoms. The minimum absolute atomic E-state index is 0.0162. The molecule has 4 aromatic rings. The van der Waals surface area contributed by atoms with Crippen molar-refractivity contribution < 1.29 is 14.1 Å². The van der Waals surface area contributed by atoms with Crippen molar-refractivity contribution in [3.05, 3.63) is 98.9 Å². The summed E-state index contributed by atoms with van der Waals surface area (Å²) in [6.45, 7) is 0. The molecule has 1 heterocycles. The van der Waals surface area contributed by atoms with E-state index in [0.29, 0.717) is 16.5 Å². The zero-order valence-corrected chi connectivity index (χ0v) is 15.0. The molecule has 1 N–H and O–H groups in total. The lowest BCUT2D eigenvalue weighted by Crippen LogP contribution is -2.15. The molecular formula is C22H14N2O5. The highest BCUT2D eigenvalue weighted by Crippen LogP contribution is 2.26. The van der Waals surface area contributed by atoms with Gasteiger partial charge in [-0.1, -0.05) is 42.5 Å². The second-order valence-corrected chi connectivity index (χ2v) is 6.32. The van der Waals surface area contributed by atoms with Crippen molar-refractivity contribution >= 4 is 45.1 Å². The standard InChI is InChI=1S/C22H14N2O5/c25-21(11-8-14-4-3-6-16(12-14)24(27)28)23-19-13-18-17-7-2-1-5-15(17)9-10-20(18)29-22(19)26/h1-13H,(H,23,25). The Kier molecular flexibility index (Phi) is 4.62. The summed E-state index contributed by atoms with van der Waals surface area (Å²) in [5, 5.41) is 15.9. The van der Waals surface area contributed by atoms with Gasteiger partial charge in [-0.2, -0.15) is 0 Å². The summed E-state index contributed by atoms with van der Waals surface area (Å²) in [6, 6.07) is 18.7. The minimum Gasteiger partial charge on any atom is -0.421 e. The zero-order chi connectivity index (χ0) is 20.4. The van der Waals surface area contributed by atoms with E-state index in [1.165, 1.54) is 30.4 Å². The number of non-ortho nitro benzene ring substituents is 1. The molecule has 1 aromatic heterocycles. The van der Waals surface area contributed by atoms with Gasteiger partial charge in [0, 0.05) is 23.6 Å². The lowest BCUT2D eigenvalue weighted by molar-refractivity contribution is -0.384. The molecule has 0 aliphatic heterocycles. The summed E-state index contributed by atoms with van der Waals surface area (Å²) in [4.78, 5) is 34.8. The molecule has 0 saturated heterocycles. The number of nitro benzene ring substituents is 1. The predicted molar refractivity (Wildman–Crippen MR) is 111 cm³/mol. The van der Waals surface area contributed by atoms with E-state index in [1.807, 2.05) is 30.3 Å². The minimum atomic E-state index is -0.662. The summed E-state index contributed by atoms with van der Waals surface area (Å²) >= 11 is 0. The molecular weight excluding hydrogens is 372 g/mol. The molecule has 1 amide bonds. The first-order valence-corrected chi connectivity index (χ1v) is 8.70. The second-order valence-electron chi connectivity index (χ2n) is 6.32. The van der Waals surface area contributed by atoms with Gasteiger partial charge in [-0.25, -0.2) is 4.79 Å². The van der Waals surface area contributed by atoms with Crippen molar-refractivity contribution in [1.82, 2.24) is 0 Å². The van der Waals surface area contributed by atoms with E-state index in [1.54, 1.807) is 18.2 Å². The molecule has 0 radical (unpaired) electrons. The van der Waals surface area contributed by atoms with Crippen LogP contribution in [0.5, 0.6) is 0 Å². The molecule has 0 bridgehead atoms. The number of carbonyl (C=O) groups excluding carboxylic acids is 1. The van der Waals surface area contributed by atoms with Crippen molar-refractivity contribution in [2.45, 2.75) is 0 Å². The average molecular weight is 386 g/mol. The Morgan fingerprint density at radius 2 is 1.83 bits per heavy atom. The fourth-order valence-electron chi connectivity index (χ4n) is 3.05. The molecule has 4 rings (SSSR count). The number of rotatable bonds is 4. The highest BCUT2D eigenvalue weighted by Gasteiger charge is 2.10. The molecule has 7 heteroatoms. The maximum Gasteiger partial charge on any atom is 0.360 e. The molecule has 3 aromatic carbocycles. The summed E-state index contributed by atoms with van der Waals surface area (Å²) in [5.74, 6) is -0.552. The summed E-state index contributed by atoms with van der Waals surface area (Å²) < 4.78 is 5.34. The summed E-state index contributed by atoms with van der Waals surface area (Å²) in [7, 11) is 0. The van der Waals surface area contributed by atoms with E-state index in [0.717, 1.165) is 10.8 Å². The van der Waals surface area contributed by atoms with Crippen LogP contribution in [0.15, 0.2) is 82.0 Å². The molecule has 0 aliphatic carbocycles. The monoisotopic (exact) mass is 386 g/mol. The van der Waals surface area contributed by atoms with Gasteiger partial charge >= 0.3 is 5.63 Å². The van der Waals surface area contributed by atoms with Gasteiger partial charge in [0.15, 0.2) is 0 Å². The van der Waals surface area contributed by atoms with Gasteiger partial charge in [-0.15, -0.1) is 0 Å². The van der Waals surface area contributed by atoms with Gasteiger partial charge in [0.2, 0.25) is 5.91 Å². The summed E-state index contributed by atoms with van der Waals surface area (Å²) in [5.41, 5.74) is 0.201. The molecule has 0 unspecified atom stereocenters. The maximum absolute atomic E-state index is 12.2. The van der Waals surface area contributed by atoms with Crippen LogP contribution in [0.4, 0.5) is 11.4 Å². The van der Waals surface area contributed by atoms with Gasteiger partial charge in [0.25, 0.3) is 5.69 Å². The quantitative estimate of drug-likeness (QED) is 0.183. The number of nitro groups is 1. The Hall–Kier alpha value is -4.26. The third-order valence-electron chi connectivity index (χ3n) is 4.41. The molecule has 0 aliphatic rings. The van der Waals surface area contributed by atoms with Crippen LogP contribution in [0.2, 0.25) is 0 Å². The van der Waals surface area contributed by atoms with Crippen LogP contribution in [0.1, 0.15) is 5.56 Å². The van der Waals surface area contributed by atoms with E-state index in [2.05, 4.69) is 5.32 Å². The molecule has 0 fully saturated rings. The second kappa shape index (κ2) is 7.40. The van der Waals surface area contributed by atoms with Crippen LogP contribution in [-0.4, -0.2) is 10.8 Å². The van der Waals surface area contributed by atoms with Gasteiger partial charge < -0.3 is 9.73 Å². The number of hydrogen-bond donors (Lipinski definition) is 1. The Labute approximate surface area is 164 Å². The van der Waals surface area contributed by atoms with Crippen LogP contribution < -0.4 is 10.9 Å². The van der Waals surface area contributed by atoms with E-state index < -0.39 is 16.5 Å².